The molecule has 0 aromatic heterocycles. The van der Waals surface area contributed by atoms with Crippen LogP contribution in [0.25, 0.3) is 0 Å². The Kier molecular flexibility index (Phi) is 5.61. The summed E-state index contributed by atoms with van der Waals surface area (Å²) in [5, 5.41) is 0. The first-order chi connectivity index (χ1) is 8.54. The molecule has 0 aliphatic carbocycles. The molecule has 100 valence electrons. The van der Waals surface area contributed by atoms with Crippen molar-refractivity contribution in [1.82, 2.24) is 4.90 Å². The van der Waals surface area contributed by atoms with Crippen molar-refractivity contribution >= 4 is 11.6 Å². The Bertz CT molecular complexity index is 376. The number of benzene rings is 1. The number of nitrogen functional groups attached to an aromatic ring is 1. The van der Waals surface area contributed by atoms with E-state index >= 15 is 0 Å². The molecule has 0 saturated heterocycles. The lowest BCUT2D eigenvalue weighted by Crippen LogP contribution is -2.30. The van der Waals surface area contributed by atoms with Gasteiger partial charge in [-0.05, 0) is 38.1 Å². The summed E-state index contributed by atoms with van der Waals surface area (Å²) in [5.74, 6) is 5.25. The van der Waals surface area contributed by atoms with E-state index < -0.39 is 0 Å². The Morgan fingerprint density at radius 3 is 2.50 bits per heavy atom. The van der Waals surface area contributed by atoms with Gasteiger partial charge >= 0.3 is 0 Å². The van der Waals surface area contributed by atoms with Crippen LogP contribution in [0.3, 0.4) is 0 Å². The zero-order chi connectivity index (χ0) is 13.5. The molecule has 18 heavy (non-hydrogen) atoms. The van der Waals surface area contributed by atoms with Crippen LogP contribution in [0.5, 0.6) is 0 Å². The molecule has 1 rings (SSSR count). The Morgan fingerprint density at radius 1 is 1.39 bits per heavy atom. The molecule has 1 amide bonds. The maximum absolute atomic E-state index is 12.0. The third-order valence-corrected chi connectivity index (χ3v) is 2.52. The Morgan fingerprint density at radius 2 is 2.00 bits per heavy atom. The van der Waals surface area contributed by atoms with Crippen LogP contribution in [0.2, 0.25) is 0 Å². The first-order valence-electron chi connectivity index (χ1n) is 5.98. The average molecular weight is 251 g/mol. The maximum atomic E-state index is 12.0. The molecule has 0 atom stereocenters. The number of hydrazine groups is 1. The number of carbonyl (C=O) groups excluding carboxylic acids is 1. The van der Waals surface area contributed by atoms with E-state index in [4.69, 9.17) is 10.6 Å². The molecule has 5 nitrogen and oxygen atoms in total. The first-order valence-corrected chi connectivity index (χ1v) is 5.98. The van der Waals surface area contributed by atoms with Crippen molar-refractivity contribution in [3.63, 3.8) is 0 Å². The van der Waals surface area contributed by atoms with Crippen LogP contribution in [0, 0.1) is 0 Å². The molecule has 0 unspecified atom stereocenters. The summed E-state index contributed by atoms with van der Waals surface area (Å²) in [5.41, 5.74) is 3.94. The highest BCUT2D eigenvalue weighted by Crippen LogP contribution is 2.09. The average Bonchev–Trinajstić information content (AvgIpc) is 2.37. The van der Waals surface area contributed by atoms with Gasteiger partial charge in [0.25, 0.3) is 5.91 Å². The number of nitrogens with two attached hydrogens (primary N) is 1. The largest absolute Gasteiger partial charge is 0.377 e. The Hall–Kier alpha value is -1.59. The minimum Gasteiger partial charge on any atom is -0.377 e. The molecule has 0 fully saturated rings. The van der Waals surface area contributed by atoms with Gasteiger partial charge in [-0.25, -0.2) is 0 Å². The van der Waals surface area contributed by atoms with Crippen molar-refractivity contribution in [2.75, 3.05) is 25.6 Å². The number of anilines is 1. The molecule has 0 radical (unpaired) electrons. The van der Waals surface area contributed by atoms with E-state index in [9.17, 15) is 4.79 Å². The third kappa shape index (κ3) is 4.35. The van der Waals surface area contributed by atoms with Crippen LogP contribution in [-0.2, 0) is 4.74 Å². The highest BCUT2D eigenvalue weighted by Gasteiger charge is 2.11. The second-order valence-electron chi connectivity index (χ2n) is 4.37. The maximum Gasteiger partial charge on any atom is 0.253 e. The molecule has 0 saturated carbocycles. The minimum atomic E-state index is -0.0223. The van der Waals surface area contributed by atoms with Crippen LogP contribution in [-0.4, -0.2) is 37.1 Å². The Labute approximate surface area is 108 Å². The normalized spacial score (nSPS) is 10.5. The van der Waals surface area contributed by atoms with Gasteiger partial charge in [0.05, 0.1) is 12.7 Å². The first kappa shape index (κ1) is 14.5. The number of carbonyl (C=O) groups is 1. The van der Waals surface area contributed by atoms with E-state index in [0.717, 1.165) is 5.69 Å². The Balaban J connectivity index is 2.51. The number of nitrogens with one attached hydrogen (secondary N) is 1. The van der Waals surface area contributed by atoms with Gasteiger partial charge in [0.2, 0.25) is 0 Å². The van der Waals surface area contributed by atoms with Crippen molar-refractivity contribution in [2.24, 2.45) is 5.84 Å². The molecular weight excluding hydrogens is 230 g/mol. The van der Waals surface area contributed by atoms with Crippen molar-refractivity contribution in [2.45, 2.75) is 20.0 Å². The summed E-state index contributed by atoms with van der Waals surface area (Å²) in [7, 11) is 1.76. The summed E-state index contributed by atoms with van der Waals surface area (Å²) in [6, 6.07) is 7.03. The fourth-order valence-corrected chi connectivity index (χ4v) is 1.46. The monoisotopic (exact) mass is 251 g/mol. The fourth-order valence-electron chi connectivity index (χ4n) is 1.46. The summed E-state index contributed by atoms with van der Waals surface area (Å²) in [4.78, 5) is 13.7. The van der Waals surface area contributed by atoms with Crippen LogP contribution in [0.15, 0.2) is 24.3 Å². The highest BCUT2D eigenvalue weighted by molar-refractivity contribution is 5.94. The van der Waals surface area contributed by atoms with Crippen molar-refractivity contribution < 1.29 is 9.53 Å². The second-order valence-corrected chi connectivity index (χ2v) is 4.37. The number of rotatable bonds is 6. The molecular formula is C13H21N3O2. The molecule has 0 spiro atoms. The topological polar surface area (TPSA) is 67.6 Å². The zero-order valence-corrected chi connectivity index (χ0v) is 11.1. The van der Waals surface area contributed by atoms with E-state index in [1.54, 1.807) is 36.2 Å². The molecule has 0 aliphatic rings. The smallest absolute Gasteiger partial charge is 0.253 e. The molecule has 1 aromatic rings. The highest BCUT2D eigenvalue weighted by atomic mass is 16.5. The number of hydrogen-bond donors (Lipinski definition) is 2. The van der Waals surface area contributed by atoms with E-state index in [-0.39, 0.29) is 12.0 Å². The molecule has 0 bridgehead atoms. The van der Waals surface area contributed by atoms with E-state index in [1.165, 1.54) is 0 Å². The lowest BCUT2D eigenvalue weighted by molar-refractivity contribution is 0.0532. The minimum absolute atomic E-state index is 0.0223. The molecule has 5 heteroatoms. The lowest BCUT2D eigenvalue weighted by atomic mass is 10.2. The van der Waals surface area contributed by atoms with E-state index in [1.807, 2.05) is 13.8 Å². The number of likely N-dealkylation sites (N-methyl/N-ethyl adjacent to an activating group) is 1. The standard InChI is InChI=1S/C13H21N3O2/c1-10(2)18-9-8-16(3)13(17)11-4-6-12(15-14)7-5-11/h4-7,10,15H,8-9,14H2,1-3H3. The number of ether oxygens (including phenoxy) is 1. The van der Waals surface area contributed by atoms with E-state index in [2.05, 4.69) is 5.43 Å². The lowest BCUT2D eigenvalue weighted by Gasteiger charge is -2.18. The van der Waals surface area contributed by atoms with Crippen LogP contribution in [0.4, 0.5) is 5.69 Å². The van der Waals surface area contributed by atoms with Crippen molar-refractivity contribution in [3.8, 4) is 0 Å². The summed E-state index contributed by atoms with van der Waals surface area (Å²) in [6.45, 7) is 5.07. The van der Waals surface area contributed by atoms with E-state index in [0.29, 0.717) is 18.7 Å². The third-order valence-electron chi connectivity index (χ3n) is 2.52. The van der Waals surface area contributed by atoms with Gasteiger partial charge in [-0.2, -0.15) is 0 Å². The molecule has 1 aromatic carbocycles. The fraction of sp³-hybridized carbons (Fsp3) is 0.462. The predicted octanol–water partition coefficient (Wildman–Crippen LogP) is 1.47. The number of amides is 1. The summed E-state index contributed by atoms with van der Waals surface area (Å²) in [6.07, 6.45) is 0.184. The van der Waals surface area contributed by atoms with Crippen molar-refractivity contribution in [3.05, 3.63) is 29.8 Å². The van der Waals surface area contributed by atoms with Crippen LogP contribution < -0.4 is 11.3 Å². The summed E-state index contributed by atoms with van der Waals surface area (Å²) >= 11 is 0. The van der Waals surface area contributed by atoms with Gasteiger partial charge in [-0.15, -0.1) is 0 Å². The van der Waals surface area contributed by atoms with Gasteiger partial charge in [0.15, 0.2) is 0 Å². The SMILES string of the molecule is CC(C)OCCN(C)C(=O)c1ccc(NN)cc1. The van der Waals surface area contributed by atoms with Crippen LogP contribution in [0.1, 0.15) is 24.2 Å². The van der Waals surface area contributed by atoms with Gasteiger partial charge in [-0.3, -0.25) is 10.6 Å². The molecule has 0 aliphatic heterocycles. The van der Waals surface area contributed by atoms with Crippen LogP contribution >= 0.6 is 0 Å². The predicted molar refractivity (Wildman–Crippen MR) is 72.3 cm³/mol. The molecule has 0 heterocycles. The number of nitrogens with zero attached hydrogens (tertiary/aromatic N) is 1. The quantitative estimate of drug-likeness (QED) is 0.593. The van der Waals surface area contributed by atoms with Gasteiger partial charge < -0.3 is 15.1 Å². The second kappa shape index (κ2) is 6.98. The number of hydrogen-bond acceptors (Lipinski definition) is 4. The van der Waals surface area contributed by atoms with Gasteiger partial charge in [0.1, 0.15) is 0 Å². The summed E-state index contributed by atoms with van der Waals surface area (Å²) < 4.78 is 5.41. The molecule has 3 N–H and O–H groups in total. The van der Waals surface area contributed by atoms with Crippen molar-refractivity contribution in [1.29, 1.82) is 0 Å². The van der Waals surface area contributed by atoms with Gasteiger partial charge in [-0.1, -0.05) is 0 Å². The van der Waals surface area contributed by atoms with Gasteiger partial charge in [0, 0.05) is 24.8 Å². The zero-order valence-electron chi connectivity index (χ0n) is 11.1.